The number of nitrogens with zero attached hydrogens (tertiary/aromatic N) is 3. The second-order valence-electron chi connectivity index (χ2n) is 4.91. The fourth-order valence-electron chi connectivity index (χ4n) is 2.24. The van der Waals surface area contributed by atoms with Gasteiger partial charge < -0.3 is 19.4 Å². The highest BCUT2D eigenvalue weighted by molar-refractivity contribution is 5.76. The van der Waals surface area contributed by atoms with Gasteiger partial charge in [-0.05, 0) is 18.6 Å². The van der Waals surface area contributed by atoms with E-state index in [1.54, 1.807) is 0 Å². The summed E-state index contributed by atoms with van der Waals surface area (Å²) in [5.41, 5.74) is 1.31. The highest BCUT2D eigenvalue weighted by atomic mass is 16.5. The van der Waals surface area contributed by atoms with Crippen LogP contribution in [0.15, 0.2) is 12.1 Å². The molecule has 0 amide bonds. The first-order valence-electron chi connectivity index (χ1n) is 7.16. The molecule has 112 valence electrons. The first-order valence-corrected chi connectivity index (χ1v) is 7.16. The fourth-order valence-corrected chi connectivity index (χ4v) is 2.24. The van der Waals surface area contributed by atoms with Crippen LogP contribution in [0.1, 0.15) is 19.8 Å². The Morgan fingerprint density at radius 2 is 2.19 bits per heavy atom. The lowest BCUT2D eigenvalue weighted by atomic mass is 10.3. The van der Waals surface area contributed by atoms with Crippen LogP contribution in [0.4, 0.5) is 5.82 Å². The highest BCUT2D eigenvalue weighted by Gasteiger charge is 2.15. The van der Waals surface area contributed by atoms with Crippen molar-refractivity contribution in [2.24, 2.45) is 0 Å². The lowest BCUT2D eigenvalue weighted by Crippen LogP contribution is -2.36. The van der Waals surface area contributed by atoms with Crippen LogP contribution in [0.25, 0.3) is 11.2 Å². The number of carbonyl (C=O) groups is 1. The summed E-state index contributed by atoms with van der Waals surface area (Å²) in [6.07, 6.45) is 1.13. The number of morpholine rings is 1. The number of hydrogen-bond donors (Lipinski definition) is 1. The van der Waals surface area contributed by atoms with Gasteiger partial charge in [0, 0.05) is 19.5 Å². The van der Waals surface area contributed by atoms with Gasteiger partial charge in [0.15, 0.2) is 5.65 Å². The number of nitrogens with one attached hydrogen (secondary N) is 1. The normalized spacial score (nSPS) is 15.4. The molecule has 1 aliphatic rings. The average molecular weight is 290 g/mol. The van der Waals surface area contributed by atoms with E-state index in [1.807, 2.05) is 19.1 Å². The van der Waals surface area contributed by atoms with Gasteiger partial charge in [0.1, 0.15) is 5.82 Å². The fraction of sp³-hybridized carbons (Fsp3) is 0.500. The minimum atomic E-state index is -0.287. The first kappa shape index (κ1) is 13.8. The largest absolute Gasteiger partial charge is 0.392 e. The van der Waals surface area contributed by atoms with Crippen molar-refractivity contribution >= 4 is 23.0 Å². The van der Waals surface area contributed by atoms with E-state index in [4.69, 9.17) is 9.47 Å². The van der Waals surface area contributed by atoms with Gasteiger partial charge in [0.25, 0.3) is 0 Å². The van der Waals surface area contributed by atoms with E-state index in [9.17, 15) is 4.79 Å². The molecule has 2 aromatic rings. The first-order chi connectivity index (χ1) is 10.3. The number of rotatable bonds is 4. The highest BCUT2D eigenvalue weighted by Crippen LogP contribution is 2.20. The summed E-state index contributed by atoms with van der Waals surface area (Å²) in [5.74, 6) is 0.577. The van der Waals surface area contributed by atoms with E-state index in [0.29, 0.717) is 25.3 Å². The number of aromatic nitrogens is 3. The summed E-state index contributed by atoms with van der Waals surface area (Å²) in [6, 6.07) is 4.04. The number of H-pyrrole nitrogens is 1. The maximum Gasteiger partial charge on any atom is 0.313 e. The number of pyridine rings is 1. The third-order valence-corrected chi connectivity index (χ3v) is 3.31. The Kier molecular flexibility index (Phi) is 4.01. The number of aromatic amines is 1. The van der Waals surface area contributed by atoms with Crippen LogP contribution in [0.3, 0.4) is 0 Å². The molecule has 0 saturated carbocycles. The maximum atomic E-state index is 11.5. The minimum Gasteiger partial charge on any atom is -0.392 e. The molecule has 2 aromatic heterocycles. The molecule has 0 aromatic carbocycles. The van der Waals surface area contributed by atoms with E-state index >= 15 is 0 Å². The van der Waals surface area contributed by atoms with Crippen molar-refractivity contribution < 1.29 is 14.3 Å². The van der Waals surface area contributed by atoms with Crippen molar-refractivity contribution in [3.8, 4) is 6.01 Å². The van der Waals surface area contributed by atoms with Crippen LogP contribution in [0.5, 0.6) is 6.01 Å². The SMILES string of the molecule is CCCC(=O)Oc1nc2nc(N3CCOCC3)ccc2[nH]1. The van der Waals surface area contributed by atoms with Gasteiger partial charge >= 0.3 is 12.0 Å². The standard InChI is InChI=1S/C14H18N4O3/c1-2-3-12(19)21-14-15-10-4-5-11(16-13(10)17-14)18-6-8-20-9-7-18/h4-5H,2-3,6-9H2,1H3,(H,15,16,17). The van der Waals surface area contributed by atoms with Gasteiger partial charge in [-0.15, -0.1) is 0 Å². The van der Waals surface area contributed by atoms with Crippen LogP contribution < -0.4 is 9.64 Å². The van der Waals surface area contributed by atoms with Crippen molar-refractivity contribution in [2.75, 3.05) is 31.2 Å². The van der Waals surface area contributed by atoms with Gasteiger partial charge in [0.05, 0.1) is 18.7 Å². The molecule has 21 heavy (non-hydrogen) atoms. The number of hydrogen-bond acceptors (Lipinski definition) is 6. The van der Waals surface area contributed by atoms with E-state index in [-0.39, 0.29) is 12.0 Å². The second-order valence-corrected chi connectivity index (χ2v) is 4.91. The number of ether oxygens (including phenoxy) is 2. The molecule has 0 unspecified atom stereocenters. The molecule has 0 bridgehead atoms. The van der Waals surface area contributed by atoms with E-state index in [0.717, 1.165) is 30.8 Å². The zero-order valence-electron chi connectivity index (χ0n) is 12.0. The molecular formula is C14H18N4O3. The topological polar surface area (TPSA) is 80.3 Å². The number of anilines is 1. The molecule has 3 heterocycles. The molecule has 7 heteroatoms. The molecule has 0 aliphatic carbocycles. The number of imidazole rings is 1. The molecule has 7 nitrogen and oxygen atoms in total. The van der Waals surface area contributed by atoms with Gasteiger partial charge in [-0.3, -0.25) is 4.79 Å². The van der Waals surface area contributed by atoms with Crippen molar-refractivity contribution in [3.63, 3.8) is 0 Å². The van der Waals surface area contributed by atoms with Gasteiger partial charge in [-0.2, -0.15) is 4.98 Å². The van der Waals surface area contributed by atoms with E-state index in [1.165, 1.54) is 0 Å². The molecule has 3 rings (SSSR count). The summed E-state index contributed by atoms with van der Waals surface area (Å²) in [7, 11) is 0. The third kappa shape index (κ3) is 3.13. The summed E-state index contributed by atoms with van der Waals surface area (Å²) < 4.78 is 10.5. The third-order valence-electron chi connectivity index (χ3n) is 3.31. The van der Waals surface area contributed by atoms with Crippen molar-refractivity contribution in [3.05, 3.63) is 12.1 Å². The number of fused-ring (bicyclic) bond motifs is 1. The number of carbonyl (C=O) groups excluding carboxylic acids is 1. The van der Waals surface area contributed by atoms with Crippen molar-refractivity contribution in [1.82, 2.24) is 15.0 Å². The minimum absolute atomic E-state index is 0.204. The lowest BCUT2D eigenvalue weighted by molar-refractivity contribution is -0.134. The van der Waals surface area contributed by atoms with Crippen LogP contribution in [-0.2, 0) is 9.53 Å². The van der Waals surface area contributed by atoms with E-state index in [2.05, 4.69) is 19.9 Å². The Hall–Kier alpha value is -2.15. The molecular weight excluding hydrogens is 272 g/mol. The zero-order chi connectivity index (χ0) is 14.7. The van der Waals surface area contributed by atoms with Gasteiger partial charge in [0.2, 0.25) is 0 Å². The lowest BCUT2D eigenvalue weighted by Gasteiger charge is -2.27. The Morgan fingerprint density at radius 3 is 2.95 bits per heavy atom. The predicted molar refractivity (Wildman–Crippen MR) is 77.5 cm³/mol. The zero-order valence-corrected chi connectivity index (χ0v) is 12.0. The Labute approximate surface area is 122 Å². The van der Waals surface area contributed by atoms with Crippen LogP contribution in [0.2, 0.25) is 0 Å². The van der Waals surface area contributed by atoms with Crippen molar-refractivity contribution in [2.45, 2.75) is 19.8 Å². The maximum absolute atomic E-state index is 11.5. The summed E-state index contributed by atoms with van der Waals surface area (Å²) in [5, 5.41) is 0. The second kappa shape index (κ2) is 6.09. The molecule has 1 fully saturated rings. The monoisotopic (exact) mass is 290 g/mol. The Bertz CT molecular complexity index is 634. The molecule has 0 radical (unpaired) electrons. The Morgan fingerprint density at radius 1 is 1.38 bits per heavy atom. The molecule has 0 atom stereocenters. The van der Waals surface area contributed by atoms with Crippen LogP contribution in [0, 0.1) is 0 Å². The molecule has 1 aliphatic heterocycles. The summed E-state index contributed by atoms with van der Waals surface area (Å²) in [4.78, 5) is 25.3. The quantitative estimate of drug-likeness (QED) is 0.860. The summed E-state index contributed by atoms with van der Waals surface area (Å²) in [6.45, 7) is 4.99. The van der Waals surface area contributed by atoms with Crippen LogP contribution >= 0.6 is 0 Å². The molecule has 1 saturated heterocycles. The van der Waals surface area contributed by atoms with Crippen LogP contribution in [-0.4, -0.2) is 47.2 Å². The van der Waals surface area contributed by atoms with Gasteiger partial charge in [-0.25, -0.2) is 4.98 Å². The predicted octanol–water partition coefficient (Wildman–Crippen LogP) is 1.50. The molecule has 0 spiro atoms. The Balaban J connectivity index is 1.79. The smallest absolute Gasteiger partial charge is 0.313 e. The number of esters is 1. The molecule has 1 N–H and O–H groups in total. The summed E-state index contributed by atoms with van der Waals surface area (Å²) >= 11 is 0. The van der Waals surface area contributed by atoms with Crippen molar-refractivity contribution in [1.29, 1.82) is 0 Å². The van der Waals surface area contributed by atoms with Gasteiger partial charge in [-0.1, -0.05) is 6.92 Å². The average Bonchev–Trinajstić information content (AvgIpc) is 2.89. The van der Waals surface area contributed by atoms with E-state index < -0.39 is 0 Å².